The van der Waals surface area contributed by atoms with Crippen LogP contribution in [0.5, 0.6) is 0 Å². The Morgan fingerprint density at radius 1 is 0.850 bits per heavy atom. The number of hydrogen-bond acceptors (Lipinski definition) is 1. The Balaban J connectivity index is 1.90. The minimum Gasteiger partial charge on any atom is -0.384 e. The van der Waals surface area contributed by atoms with Crippen molar-refractivity contribution >= 4 is 5.84 Å². The Morgan fingerprint density at radius 2 is 1.55 bits per heavy atom. The van der Waals surface area contributed by atoms with Gasteiger partial charge in [0.05, 0.1) is 0 Å². The fourth-order valence-corrected chi connectivity index (χ4v) is 2.45. The molecule has 3 N–H and O–H groups in total. The molecule has 3 aliphatic carbocycles. The van der Waals surface area contributed by atoms with Crippen molar-refractivity contribution in [3.63, 3.8) is 0 Å². The summed E-state index contributed by atoms with van der Waals surface area (Å²) in [6.45, 7) is 0. The van der Waals surface area contributed by atoms with Crippen LogP contribution in [0.3, 0.4) is 0 Å². The van der Waals surface area contributed by atoms with Gasteiger partial charge in [0, 0.05) is 11.5 Å². The molecule has 0 fully saturated rings. The van der Waals surface area contributed by atoms with E-state index in [2.05, 4.69) is 30.4 Å². The Labute approximate surface area is 118 Å². The van der Waals surface area contributed by atoms with E-state index < -0.39 is 0 Å². The fourth-order valence-electron chi connectivity index (χ4n) is 2.45. The summed E-state index contributed by atoms with van der Waals surface area (Å²) in [6.07, 6.45) is 24.4. The SMILES string of the molecule is N=C(N)C1=CC2=C(C=CC=C1)C2C1=CC=CC=CC=C1. The van der Waals surface area contributed by atoms with Crippen LogP contribution in [0.2, 0.25) is 0 Å². The fraction of sp³-hybridized carbons (Fsp3) is 0.0556. The minimum absolute atomic E-state index is 0.110. The van der Waals surface area contributed by atoms with Gasteiger partial charge >= 0.3 is 0 Å². The Bertz CT molecular complexity index is 689. The van der Waals surface area contributed by atoms with Gasteiger partial charge in [0.1, 0.15) is 5.84 Å². The quantitative estimate of drug-likeness (QED) is 0.579. The smallest absolute Gasteiger partial charge is 0.122 e. The summed E-state index contributed by atoms with van der Waals surface area (Å²) in [5.41, 5.74) is 10.2. The second kappa shape index (κ2) is 5.17. The highest BCUT2D eigenvalue weighted by Gasteiger charge is 2.35. The molecule has 0 aromatic heterocycles. The molecule has 0 radical (unpaired) electrons. The van der Waals surface area contributed by atoms with Gasteiger partial charge in [0.15, 0.2) is 0 Å². The first-order valence-corrected chi connectivity index (χ1v) is 6.64. The van der Waals surface area contributed by atoms with Gasteiger partial charge in [-0.3, -0.25) is 5.41 Å². The van der Waals surface area contributed by atoms with E-state index in [9.17, 15) is 0 Å². The zero-order valence-corrected chi connectivity index (χ0v) is 11.1. The number of nitrogens with one attached hydrogen (secondary N) is 1. The van der Waals surface area contributed by atoms with Crippen molar-refractivity contribution in [3.05, 3.63) is 95.2 Å². The normalized spacial score (nSPS) is 23.3. The summed E-state index contributed by atoms with van der Waals surface area (Å²) in [7, 11) is 0. The average molecular weight is 260 g/mol. The highest BCUT2D eigenvalue weighted by molar-refractivity contribution is 5.98. The molecular weight excluding hydrogens is 244 g/mol. The molecular formula is C18H16N2. The third-order valence-electron chi connectivity index (χ3n) is 3.51. The standard InChI is InChI=1S/C18H16N2/c19-18(20)14-10-6-7-11-15-16(12-14)17(15)13-8-4-2-1-3-5-9-13/h1-12,17H,(H3,19,20). The van der Waals surface area contributed by atoms with Gasteiger partial charge in [0.25, 0.3) is 0 Å². The maximum atomic E-state index is 7.60. The van der Waals surface area contributed by atoms with Crippen LogP contribution in [0, 0.1) is 11.3 Å². The van der Waals surface area contributed by atoms with Gasteiger partial charge in [-0.2, -0.15) is 0 Å². The summed E-state index contributed by atoms with van der Waals surface area (Å²) >= 11 is 0. The highest BCUT2D eigenvalue weighted by Crippen LogP contribution is 2.48. The molecule has 3 rings (SSSR count). The summed E-state index contributed by atoms with van der Waals surface area (Å²) in [5, 5.41) is 7.60. The number of allylic oxidation sites excluding steroid dienone is 14. The van der Waals surface area contributed by atoms with E-state index in [0.717, 1.165) is 5.57 Å². The maximum absolute atomic E-state index is 7.60. The number of amidine groups is 1. The van der Waals surface area contributed by atoms with Crippen LogP contribution >= 0.6 is 0 Å². The first kappa shape index (κ1) is 12.4. The lowest BCUT2D eigenvalue weighted by molar-refractivity contribution is 1.09. The van der Waals surface area contributed by atoms with Gasteiger partial charge in [-0.05, 0) is 22.8 Å². The zero-order valence-electron chi connectivity index (χ0n) is 11.1. The van der Waals surface area contributed by atoms with E-state index in [-0.39, 0.29) is 5.84 Å². The van der Waals surface area contributed by atoms with Crippen molar-refractivity contribution in [1.29, 1.82) is 5.41 Å². The zero-order chi connectivity index (χ0) is 13.9. The predicted octanol–water partition coefficient (Wildman–Crippen LogP) is 3.51. The molecule has 0 bridgehead atoms. The van der Waals surface area contributed by atoms with Crippen molar-refractivity contribution in [3.8, 4) is 0 Å². The number of hydrogen-bond donors (Lipinski definition) is 2. The van der Waals surface area contributed by atoms with Crippen LogP contribution in [0.4, 0.5) is 0 Å². The van der Waals surface area contributed by atoms with Crippen LogP contribution in [0.25, 0.3) is 0 Å². The van der Waals surface area contributed by atoms with Crippen LogP contribution in [0.15, 0.2) is 95.2 Å². The molecule has 0 amide bonds. The van der Waals surface area contributed by atoms with E-state index >= 15 is 0 Å². The predicted molar refractivity (Wildman–Crippen MR) is 84.3 cm³/mol. The maximum Gasteiger partial charge on any atom is 0.122 e. The van der Waals surface area contributed by atoms with Crippen molar-refractivity contribution in [2.75, 3.05) is 0 Å². The molecule has 20 heavy (non-hydrogen) atoms. The van der Waals surface area contributed by atoms with E-state index in [0.29, 0.717) is 5.92 Å². The van der Waals surface area contributed by atoms with Crippen LogP contribution in [-0.4, -0.2) is 5.84 Å². The van der Waals surface area contributed by atoms with Gasteiger partial charge in [0.2, 0.25) is 0 Å². The Kier molecular flexibility index (Phi) is 3.21. The molecule has 0 aliphatic heterocycles. The van der Waals surface area contributed by atoms with E-state index in [1.54, 1.807) is 0 Å². The summed E-state index contributed by atoms with van der Waals surface area (Å²) < 4.78 is 0. The number of nitrogens with two attached hydrogens (primary N) is 1. The molecule has 0 saturated heterocycles. The molecule has 1 unspecified atom stereocenters. The van der Waals surface area contributed by atoms with Crippen molar-refractivity contribution in [1.82, 2.24) is 0 Å². The van der Waals surface area contributed by atoms with Gasteiger partial charge in [-0.15, -0.1) is 0 Å². The second-order valence-corrected chi connectivity index (χ2v) is 4.87. The summed E-state index contributed by atoms with van der Waals surface area (Å²) in [6, 6.07) is 0. The molecule has 0 aromatic rings. The third-order valence-corrected chi connectivity index (χ3v) is 3.51. The first-order valence-electron chi connectivity index (χ1n) is 6.64. The molecule has 2 heteroatoms. The van der Waals surface area contributed by atoms with Crippen molar-refractivity contribution < 1.29 is 0 Å². The highest BCUT2D eigenvalue weighted by atomic mass is 14.7. The van der Waals surface area contributed by atoms with Crippen LogP contribution < -0.4 is 5.73 Å². The van der Waals surface area contributed by atoms with E-state index in [4.69, 9.17) is 11.1 Å². The monoisotopic (exact) mass is 260 g/mol. The largest absolute Gasteiger partial charge is 0.384 e. The Hall–Kier alpha value is -2.61. The topological polar surface area (TPSA) is 49.9 Å². The second-order valence-electron chi connectivity index (χ2n) is 4.87. The van der Waals surface area contributed by atoms with E-state index in [1.165, 1.54) is 16.7 Å². The average Bonchev–Trinajstić information content (AvgIpc) is 2.99. The minimum atomic E-state index is 0.110. The summed E-state index contributed by atoms with van der Waals surface area (Å²) in [4.78, 5) is 0. The molecule has 98 valence electrons. The lowest BCUT2D eigenvalue weighted by Crippen LogP contribution is -2.11. The van der Waals surface area contributed by atoms with Crippen LogP contribution in [0.1, 0.15) is 0 Å². The molecule has 3 aliphatic rings. The van der Waals surface area contributed by atoms with Gasteiger partial charge in [-0.1, -0.05) is 66.8 Å². The number of rotatable bonds is 2. The molecule has 0 spiro atoms. The lowest BCUT2D eigenvalue weighted by atomic mass is 10.0. The van der Waals surface area contributed by atoms with Gasteiger partial charge in [-0.25, -0.2) is 0 Å². The molecule has 0 heterocycles. The van der Waals surface area contributed by atoms with Crippen molar-refractivity contribution in [2.45, 2.75) is 0 Å². The summed E-state index contributed by atoms with van der Waals surface area (Å²) in [5.74, 6) is 0.437. The molecule has 1 atom stereocenters. The molecule has 0 saturated carbocycles. The van der Waals surface area contributed by atoms with Crippen LogP contribution in [-0.2, 0) is 0 Å². The lowest BCUT2D eigenvalue weighted by Gasteiger charge is -2.02. The van der Waals surface area contributed by atoms with E-state index in [1.807, 2.05) is 42.5 Å². The third kappa shape index (κ3) is 2.41. The van der Waals surface area contributed by atoms with Crippen molar-refractivity contribution in [2.24, 2.45) is 11.7 Å². The molecule has 0 aromatic carbocycles. The Morgan fingerprint density at radius 3 is 2.40 bits per heavy atom. The first-order chi connectivity index (χ1) is 9.77. The van der Waals surface area contributed by atoms with Gasteiger partial charge < -0.3 is 5.73 Å². The molecule has 2 nitrogen and oxygen atoms in total.